The van der Waals surface area contributed by atoms with Crippen LogP contribution in [-0.4, -0.2) is 127 Å². The molecule has 0 aliphatic carbocycles. The first kappa shape index (κ1) is 36.9. The summed E-state index contributed by atoms with van der Waals surface area (Å²) >= 11 is 0. The van der Waals surface area contributed by atoms with Gasteiger partial charge in [0.2, 0.25) is 11.8 Å². The van der Waals surface area contributed by atoms with Crippen molar-refractivity contribution in [1.29, 1.82) is 0 Å². The summed E-state index contributed by atoms with van der Waals surface area (Å²) < 4.78 is 23.8. The minimum atomic E-state index is -0.189. The molecule has 13 heteroatoms. The van der Waals surface area contributed by atoms with Crippen molar-refractivity contribution >= 4 is 11.8 Å². The number of benzene rings is 1. The Morgan fingerprint density at radius 1 is 0.980 bits per heavy atom. The highest BCUT2D eigenvalue weighted by Gasteiger charge is 2.47. The molecular weight excluding hydrogens is 626 g/mol. The van der Waals surface area contributed by atoms with Crippen molar-refractivity contribution in [2.24, 2.45) is 11.7 Å². The number of likely N-dealkylation sites (tertiary alicyclic amines) is 1. The van der Waals surface area contributed by atoms with Crippen LogP contribution in [0.2, 0.25) is 0 Å². The highest BCUT2D eigenvalue weighted by Crippen LogP contribution is 2.45. The van der Waals surface area contributed by atoms with E-state index in [9.17, 15) is 9.59 Å². The first-order valence-electron chi connectivity index (χ1n) is 17.7. The van der Waals surface area contributed by atoms with Gasteiger partial charge in [-0.15, -0.1) is 16.6 Å². The molecule has 3 aliphatic heterocycles. The Labute approximate surface area is 290 Å². The molecule has 2 bridgehead atoms. The molecule has 0 spiro atoms. The summed E-state index contributed by atoms with van der Waals surface area (Å²) in [5.74, 6) is 4.02. The smallest absolute Gasteiger partial charge is 0.226 e. The molecule has 3 fully saturated rings. The number of aryl methyl sites for hydroxylation is 1. The molecular formula is C36H53N7O6. The zero-order chi connectivity index (χ0) is 34.4. The van der Waals surface area contributed by atoms with E-state index >= 15 is 0 Å². The molecule has 0 saturated carbocycles. The number of rotatable bonds is 22. The Hall–Kier alpha value is -3.38. The maximum absolute atomic E-state index is 12.8. The first-order valence-corrected chi connectivity index (χ1v) is 17.7. The summed E-state index contributed by atoms with van der Waals surface area (Å²) in [4.78, 5) is 29.7. The number of nitrogens with zero attached hydrogens (tertiary/aromatic N) is 5. The number of fused-ring (bicyclic) bond motifs is 2. The Morgan fingerprint density at radius 2 is 1.67 bits per heavy atom. The minimum Gasteiger partial charge on any atom is -0.379 e. The fourth-order valence-electron chi connectivity index (χ4n) is 7.26. The normalized spacial score (nSPS) is 21.1. The van der Waals surface area contributed by atoms with E-state index in [1.54, 1.807) is 4.90 Å². The van der Waals surface area contributed by atoms with Gasteiger partial charge in [0.25, 0.3) is 0 Å². The fraction of sp³-hybridized carbons (Fsp3) is 0.667. The lowest BCUT2D eigenvalue weighted by atomic mass is 9.95. The van der Waals surface area contributed by atoms with E-state index in [4.69, 9.17) is 31.1 Å². The molecule has 3 aliphatic rings. The lowest BCUT2D eigenvalue weighted by Gasteiger charge is -2.38. The van der Waals surface area contributed by atoms with Crippen LogP contribution in [0.4, 0.5) is 0 Å². The molecule has 4 atom stereocenters. The van der Waals surface area contributed by atoms with Crippen molar-refractivity contribution in [3.8, 4) is 12.3 Å². The van der Waals surface area contributed by atoms with Crippen molar-refractivity contribution in [2.45, 2.75) is 69.6 Å². The van der Waals surface area contributed by atoms with Crippen molar-refractivity contribution in [2.75, 3.05) is 79.0 Å². The number of amides is 2. The predicted molar refractivity (Wildman–Crippen MR) is 183 cm³/mol. The second-order valence-electron chi connectivity index (χ2n) is 13.1. The fourth-order valence-corrected chi connectivity index (χ4v) is 7.26. The number of carbonyl (C=O) groups is 2. The van der Waals surface area contributed by atoms with Crippen LogP contribution in [0.15, 0.2) is 30.3 Å². The third-order valence-corrected chi connectivity index (χ3v) is 9.86. The molecule has 1 aromatic heterocycles. The Bertz CT molecular complexity index is 1360. The molecule has 1 aromatic carbocycles. The van der Waals surface area contributed by atoms with Crippen LogP contribution in [0.3, 0.4) is 0 Å². The van der Waals surface area contributed by atoms with Gasteiger partial charge in [-0.1, -0.05) is 36.3 Å². The van der Waals surface area contributed by atoms with Gasteiger partial charge in [-0.05, 0) is 38.2 Å². The molecule has 49 heavy (non-hydrogen) atoms. The summed E-state index contributed by atoms with van der Waals surface area (Å²) in [5, 5.41) is 12.0. The van der Waals surface area contributed by atoms with Crippen LogP contribution in [0.5, 0.6) is 0 Å². The molecule has 3 N–H and O–H groups in total. The zero-order valence-corrected chi connectivity index (χ0v) is 28.8. The molecule has 0 radical (unpaired) electrons. The monoisotopic (exact) mass is 679 g/mol. The third kappa shape index (κ3) is 10.3. The Balaban J connectivity index is 0.934. The number of terminal acetylenes is 1. The number of nitrogens with two attached hydrogens (primary N) is 1. The van der Waals surface area contributed by atoms with Gasteiger partial charge < -0.3 is 39.5 Å². The molecule has 3 saturated heterocycles. The first-order chi connectivity index (χ1) is 24.0. The number of carbonyl (C=O) groups excluding carboxylic acids is 2. The van der Waals surface area contributed by atoms with Crippen LogP contribution in [0.1, 0.15) is 61.4 Å². The van der Waals surface area contributed by atoms with Gasteiger partial charge in [0.15, 0.2) is 0 Å². The topological polar surface area (TPSA) is 146 Å². The second kappa shape index (κ2) is 19.1. The van der Waals surface area contributed by atoms with Crippen LogP contribution < -0.4 is 11.1 Å². The van der Waals surface area contributed by atoms with Crippen LogP contribution in [-0.2, 0) is 35.0 Å². The summed E-state index contributed by atoms with van der Waals surface area (Å²) in [5.41, 5.74) is 7.72. The van der Waals surface area contributed by atoms with Crippen LogP contribution in [0.25, 0.3) is 0 Å². The van der Waals surface area contributed by atoms with Crippen molar-refractivity contribution in [3.05, 3.63) is 47.5 Å². The minimum absolute atomic E-state index is 0.00375. The summed E-state index contributed by atoms with van der Waals surface area (Å²) in [6, 6.07) is 11.7. The van der Waals surface area contributed by atoms with E-state index in [1.807, 2.05) is 25.1 Å². The number of ether oxygens (including phenoxy) is 4. The molecule has 13 nitrogen and oxygen atoms in total. The molecule has 5 rings (SSSR count). The van der Waals surface area contributed by atoms with E-state index in [0.29, 0.717) is 90.4 Å². The summed E-state index contributed by atoms with van der Waals surface area (Å²) in [6.07, 6.45) is 10.4. The molecule has 3 unspecified atom stereocenters. The van der Waals surface area contributed by atoms with Crippen molar-refractivity contribution < 1.29 is 28.5 Å². The van der Waals surface area contributed by atoms with Gasteiger partial charge in [-0.2, -0.15) is 0 Å². The standard InChI is InChI=1S/C36H53N7O6/c1-3-16-46-18-20-48-22-23-49-21-19-47-17-13-35(44)41-25-29(26-41)36(45)38-14-11-34-40-39-27(2)43(34)33-24-30-9-10-32(33)42(30)15-12-31(37)28-7-5-4-6-8-28/h1,4-8,29-33H,9-26,37H2,2H3,(H,38,45)/t30?,31-,32?,33?/m0/s1. The Kier molecular flexibility index (Phi) is 14.4. The van der Waals surface area contributed by atoms with E-state index in [2.05, 4.69) is 43.0 Å². The third-order valence-electron chi connectivity index (χ3n) is 9.86. The molecule has 268 valence electrons. The quantitative estimate of drug-likeness (QED) is 0.139. The van der Waals surface area contributed by atoms with E-state index in [1.165, 1.54) is 18.4 Å². The van der Waals surface area contributed by atoms with Gasteiger partial charge in [0.1, 0.15) is 18.3 Å². The highest BCUT2D eigenvalue weighted by atomic mass is 16.6. The van der Waals surface area contributed by atoms with Crippen LogP contribution >= 0.6 is 0 Å². The summed E-state index contributed by atoms with van der Waals surface area (Å²) in [7, 11) is 0. The maximum atomic E-state index is 12.8. The van der Waals surface area contributed by atoms with Gasteiger partial charge in [-0.3, -0.25) is 14.5 Å². The van der Waals surface area contributed by atoms with Gasteiger partial charge >= 0.3 is 0 Å². The SMILES string of the molecule is C#CCOCCOCCOCCOCCC(=O)N1CC(C(=O)NCCc2nnc(C)n2C2CC3CCC2N3CC[C@H](N)c2ccccc2)C1. The van der Waals surface area contributed by atoms with Crippen LogP contribution in [0, 0.1) is 25.2 Å². The largest absolute Gasteiger partial charge is 0.379 e. The van der Waals surface area contributed by atoms with E-state index in [0.717, 1.165) is 31.0 Å². The van der Waals surface area contributed by atoms with Gasteiger partial charge in [0.05, 0.1) is 64.6 Å². The summed E-state index contributed by atoms with van der Waals surface area (Å²) in [6.45, 7) is 7.67. The number of hydrogen-bond donors (Lipinski definition) is 2. The average Bonchev–Trinajstić information content (AvgIpc) is 3.77. The highest BCUT2D eigenvalue weighted by molar-refractivity contribution is 5.84. The second-order valence-corrected chi connectivity index (χ2v) is 13.1. The predicted octanol–water partition coefficient (Wildman–Crippen LogP) is 1.66. The molecule has 2 amide bonds. The van der Waals surface area contributed by atoms with Crippen molar-refractivity contribution in [3.63, 3.8) is 0 Å². The molecule has 2 aromatic rings. The number of hydrogen-bond acceptors (Lipinski definition) is 10. The Morgan fingerprint density at radius 3 is 2.39 bits per heavy atom. The number of nitrogens with one attached hydrogen (secondary N) is 1. The van der Waals surface area contributed by atoms with E-state index < -0.39 is 0 Å². The average molecular weight is 680 g/mol. The lowest BCUT2D eigenvalue weighted by Crippen LogP contribution is -2.56. The molecule has 4 heterocycles. The van der Waals surface area contributed by atoms with Crippen molar-refractivity contribution in [1.82, 2.24) is 29.9 Å². The zero-order valence-electron chi connectivity index (χ0n) is 28.8. The number of aromatic nitrogens is 3. The lowest BCUT2D eigenvalue weighted by molar-refractivity contribution is -0.143. The van der Waals surface area contributed by atoms with Gasteiger partial charge in [0, 0.05) is 50.7 Å². The maximum Gasteiger partial charge on any atom is 0.226 e. The van der Waals surface area contributed by atoms with E-state index in [-0.39, 0.29) is 36.8 Å². The van der Waals surface area contributed by atoms with Gasteiger partial charge in [-0.25, -0.2) is 0 Å².